The van der Waals surface area contributed by atoms with Crippen LogP contribution in [0.3, 0.4) is 0 Å². The molecule has 0 aliphatic carbocycles. The van der Waals surface area contributed by atoms with Crippen LogP contribution >= 0.6 is 0 Å². The Hall–Kier alpha value is -1.85. The van der Waals surface area contributed by atoms with E-state index in [-0.39, 0.29) is 0 Å². The first-order valence-corrected chi connectivity index (χ1v) is 5.15. The topological polar surface area (TPSA) is 33.1 Å². The fourth-order valence-corrected chi connectivity index (χ4v) is 1.43. The molecule has 16 heavy (non-hydrogen) atoms. The molecule has 2 aromatic rings. The number of rotatable bonds is 0. The van der Waals surface area contributed by atoms with E-state index in [0.717, 1.165) is 16.5 Å². The van der Waals surface area contributed by atoms with Crippen molar-refractivity contribution in [3.05, 3.63) is 42.1 Å². The molecule has 1 N–H and O–H groups in total. The van der Waals surface area contributed by atoms with Gasteiger partial charge in [0.05, 0.1) is 5.52 Å². The second-order valence-electron chi connectivity index (χ2n) is 4.18. The van der Waals surface area contributed by atoms with E-state index in [0.29, 0.717) is 0 Å². The molecule has 1 aromatic heterocycles. The Bertz CT molecular complexity index is 565. The molecule has 2 heteroatoms. The third kappa shape index (κ3) is 2.39. The molecule has 0 saturated heterocycles. The van der Waals surface area contributed by atoms with Gasteiger partial charge >= 0.3 is 0 Å². The number of benzene rings is 1. The lowest BCUT2D eigenvalue weighted by Crippen LogP contribution is -2.14. The van der Waals surface area contributed by atoms with E-state index in [9.17, 15) is 5.11 Å². The van der Waals surface area contributed by atoms with Gasteiger partial charge in [0.25, 0.3) is 0 Å². The van der Waals surface area contributed by atoms with Gasteiger partial charge in [-0.1, -0.05) is 24.0 Å². The summed E-state index contributed by atoms with van der Waals surface area (Å²) in [6.45, 7) is 3.34. The highest BCUT2D eigenvalue weighted by atomic mass is 16.3. The van der Waals surface area contributed by atoms with E-state index >= 15 is 0 Å². The van der Waals surface area contributed by atoms with Gasteiger partial charge in [-0.15, -0.1) is 0 Å². The number of nitrogens with zero attached hydrogens (tertiary/aromatic N) is 1. The van der Waals surface area contributed by atoms with Gasteiger partial charge in [0.2, 0.25) is 0 Å². The molecule has 2 nitrogen and oxygen atoms in total. The summed E-state index contributed by atoms with van der Waals surface area (Å²) >= 11 is 0. The van der Waals surface area contributed by atoms with E-state index in [1.807, 2.05) is 30.3 Å². The molecule has 0 unspecified atom stereocenters. The third-order valence-corrected chi connectivity index (χ3v) is 2.15. The zero-order valence-corrected chi connectivity index (χ0v) is 9.36. The van der Waals surface area contributed by atoms with Crippen LogP contribution in [0.1, 0.15) is 19.4 Å². The van der Waals surface area contributed by atoms with Crippen LogP contribution in [0.25, 0.3) is 10.9 Å². The van der Waals surface area contributed by atoms with Crippen LogP contribution in [0.15, 0.2) is 36.5 Å². The van der Waals surface area contributed by atoms with E-state index < -0.39 is 5.60 Å². The zero-order chi connectivity index (χ0) is 11.6. The number of aliphatic hydroxyl groups is 1. The Morgan fingerprint density at radius 1 is 1.19 bits per heavy atom. The van der Waals surface area contributed by atoms with Crippen LogP contribution in [0.5, 0.6) is 0 Å². The Labute approximate surface area is 95.0 Å². The molecule has 1 heterocycles. The smallest absolute Gasteiger partial charge is 0.120 e. The highest BCUT2D eigenvalue weighted by Gasteiger charge is 2.06. The number of pyridine rings is 1. The largest absolute Gasteiger partial charge is 0.378 e. The van der Waals surface area contributed by atoms with Crippen LogP contribution < -0.4 is 0 Å². The molecule has 0 aliphatic rings. The maximum Gasteiger partial charge on any atom is 0.120 e. The molecule has 0 aliphatic heterocycles. The lowest BCUT2D eigenvalue weighted by molar-refractivity contribution is 0.143. The third-order valence-electron chi connectivity index (χ3n) is 2.15. The summed E-state index contributed by atoms with van der Waals surface area (Å²) in [5.41, 5.74) is 0.849. The minimum atomic E-state index is -0.968. The highest BCUT2D eigenvalue weighted by molar-refractivity contribution is 5.84. The van der Waals surface area contributed by atoms with Gasteiger partial charge in [0.1, 0.15) is 5.60 Å². The number of hydrogen-bond donors (Lipinski definition) is 1. The van der Waals surface area contributed by atoms with Crippen molar-refractivity contribution < 1.29 is 5.11 Å². The van der Waals surface area contributed by atoms with Crippen LogP contribution in [0.2, 0.25) is 0 Å². The molecular weight excluding hydrogens is 198 g/mol. The maximum absolute atomic E-state index is 9.56. The summed E-state index contributed by atoms with van der Waals surface area (Å²) in [4.78, 5) is 4.26. The zero-order valence-electron chi connectivity index (χ0n) is 9.36. The fourth-order valence-electron chi connectivity index (χ4n) is 1.43. The molecule has 1 aromatic carbocycles. The molecule has 0 fully saturated rings. The molecule has 0 atom stereocenters. The first-order chi connectivity index (χ1) is 7.56. The average Bonchev–Trinajstić information content (AvgIpc) is 2.25. The number of fused-ring (bicyclic) bond motifs is 1. The molecule has 0 radical (unpaired) electrons. The average molecular weight is 211 g/mol. The van der Waals surface area contributed by atoms with Crippen LogP contribution in [-0.2, 0) is 0 Å². The van der Waals surface area contributed by atoms with Gasteiger partial charge in [0.15, 0.2) is 0 Å². The van der Waals surface area contributed by atoms with Crippen LogP contribution in [-0.4, -0.2) is 15.7 Å². The van der Waals surface area contributed by atoms with Gasteiger partial charge in [0, 0.05) is 17.1 Å². The van der Waals surface area contributed by atoms with Crippen molar-refractivity contribution in [2.75, 3.05) is 0 Å². The van der Waals surface area contributed by atoms with Crippen molar-refractivity contribution in [1.29, 1.82) is 0 Å². The first-order valence-electron chi connectivity index (χ1n) is 5.15. The van der Waals surface area contributed by atoms with Gasteiger partial charge in [-0.25, -0.2) is 0 Å². The molecule has 80 valence electrons. The van der Waals surface area contributed by atoms with Crippen LogP contribution in [0.4, 0.5) is 0 Å². The van der Waals surface area contributed by atoms with Gasteiger partial charge in [-0.2, -0.15) is 0 Å². The van der Waals surface area contributed by atoms with Crippen molar-refractivity contribution in [3.8, 4) is 11.8 Å². The fraction of sp³-hybridized carbons (Fsp3) is 0.214. The second-order valence-corrected chi connectivity index (χ2v) is 4.18. The summed E-state index contributed by atoms with van der Waals surface area (Å²) < 4.78 is 0. The monoisotopic (exact) mass is 211 g/mol. The second kappa shape index (κ2) is 3.96. The molecule has 0 saturated carbocycles. The summed E-state index contributed by atoms with van der Waals surface area (Å²) in [7, 11) is 0. The Morgan fingerprint density at radius 3 is 2.75 bits per heavy atom. The van der Waals surface area contributed by atoms with Crippen LogP contribution in [0, 0.1) is 11.8 Å². The van der Waals surface area contributed by atoms with Crippen molar-refractivity contribution >= 4 is 10.9 Å². The molecule has 0 amide bonds. The predicted octanol–water partition coefficient (Wildman–Crippen LogP) is 2.36. The Kier molecular flexibility index (Phi) is 2.64. The standard InChI is InChI=1S/C14H13NO/c1-14(2,16)9-8-11-5-3-7-13-12(11)6-4-10-15-13/h3-7,10,16H,1-2H3. The van der Waals surface area contributed by atoms with Crippen molar-refractivity contribution in [2.24, 2.45) is 0 Å². The summed E-state index contributed by atoms with van der Waals surface area (Å²) in [6, 6.07) is 9.67. The molecule has 2 rings (SSSR count). The lowest BCUT2D eigenvalue weighted by Gasteiger charge is -2.06. The molecule has 0 spiro atoms. The minimum absolute atomic E-state index is 0.896. The summed E-state index contributed by atoms with van der Waals surface area (Å²) in [5, 5.41) is 10.6. The van der Waals surface area contributed by atoms with E-state index in [1.54, 1.807) is 20.0 Å². The predicted molar refractivity (Wildman–Crippen MR) is 64.9 cm³/mol. The lowest BCUT2D eigenvalue weighted by atomic mass is 10.1. The van der Waals surface area contributed by atoms with Gasteiger partial charge in [-0.05, 0) is 32.0 Å². The van der Waals surface area contributed by atoms with Crippen molar-refractivity contribution in [1.82, 2.24) is 4.98 Å². The van der Waals surface area contributed by atoms with E-state index in [4.69, 9.17) is 0 Å². The van der Waals surface area contributed by atoms with Gasteiger partial charge < -0.3 is 5.11 Å². The maximum atomic E-state index is 9.56. The summed E-state index contributed by atoms with van der Waals surface area (Å²) in [5.74, 6) is 5.80. The van der Waals surface area contributed by atoms with E-state index in [1.165, 1.54) is 0 Å². The Morgan fingerprint density at radius 2 is 2.00 bits per heavy atom. The Balaban J connectivity index is 2.56. The normalized spacial score (nSPS) is 10.9. The summed E-state index contributed by atoms with van der Waals surface area (Å²) in [6.07, 6.45) is 1.76. The van der Waals surface area contributed by atoms with Gasteiger partial charge in [-0.3, -0.25) is 4.98 Å². The van der Waals surface area contributed by atoms with E-state index in [2.05, 4.69) is 16.8 Å². The number of hydrogen-bond acceptors (Lipinski definition) is 2. The molecular formula is C14H13NO. The number of aromatic nitrogens is 1. The molecule has 0 bridgehead atoms. The SMILES string of the molecule is CC(C)(O)C#Cc1cccc2ncccc12. The highest BCUT2D eigenvalue weighted by Crippen LogP contribution is 2.15. The minimum Gasteiger partial charge on any atom is -0.378 e. The van der Waals surface area contributed by atoms with Crippen molar-refractivity contribution in [3.63, 3.8) is 0 Å². The first kappa shape index (κ1) is 10.7. The van der Waals surface area contributed by atoms with Crippen molar-refractivity contribution in [2.45, 2.75) is 19.4 Å². The quantitative estimate of drug-likeness (QED) is 0.678.